The van der Waals surface area contributed by atoms with Crippen LogP contribution in [-0.4, -0.2) is 66.8 Å². The highest BCUT2D eigenvalue weighted by molar-refractivity contribution is 7.71. The van der Waals surface area contributed by atoms with Gasteiger partial charge in [0, 0.05) is 7.05 Å². The first-order chi connectivity index (χ1) is 10.1. The Bertz CT molecular complexity index is 716. The van der Waals surface area contributed by atoms with Crippen LogP contribution in [0.25, 0.3) is 11.2 Å². The molecule has 5 N–H and O–H groups in total. The molecule has 0 aliphatic carbocycles. The Kier molecular flexibility index (Phi) is 3.63. The monoisotopic (exact) mass is 313 g/mol. The molecule has 10 heteroatoms. The number of hydrogen-bond acceptors (Lipinski definition) is 8. The van der Waals surface area contributed by atoms with Crippen LogP contribution >= 0.6 is 12.2 Å². The number of anilines is 1. The van der Waals surface area contributed by atoms with Crippen LogP contribution in [0, 0.1) is 4.77 Å². The molecule has 21 heavy (non-hydrogen) atoms. The predicted molar refractivity (Wildman–Crippen MR) is 75.3 cm³/mol. The van der Waals surface area contributed by atoms with Gasteiger partial charge in [0.05, 0.1) is 12.9 Å². The van der Waals surface area contributed by atoms with Crippen LogP contribution in [0.4, 0.5) is 5.82 Å². The lowest BCUT2D eigenvalue weighted by Crippen LogP contribution is -2.33. The van der Waals surface area contributed by atoms with Gasteiger partial charge < -0.3 is 30.4 Å². The Hall–Kier alpha value is -1.59. The van der Waals surface area contributed by atoms with E-state index >= 15 is 0 Å². The number of ether oxygens (including phenoxy) is 1. The van der Waals surface area contributed by atoms with Gasteiger partial charge in [-0.05, 0) is 12.2 Å². The number of aromatic nitrogens is 4. The van der Waals surface area contributed by atoms with Gasteiger partial charge in [-0.25, -0.2) is 4.98 Å². The molecule has 1 fully saturated rings. The summed E-state index contributed by atoms with van der Waals surface area (Å²) in [5.41, 5.74) is 0.946. The van der Waals surface area contributed by atoms with Crippen molar-refractivity contribution in [2.24, 2.45) is 0 Å². The van der Waals surface area contributed by atoms with Gasteiger partial charge in [-0.1, -0.05) is 0 Å². The Balaban J connectivity index is 2.10. The van der Waals surface area contributed by atoms with Crippen molar-refractivity contribution in [3.63, 3.8) is 0 Å². The second-order valence-corrected chi connectivity index (χ2v) is 5.11. The maximum atomic E-state index is 10.1. The number of hydrogen-bond donors (Lipinski definition) is 5. The second kappa shape index (κ2) is 5.31. The summed E-state index contributed by atoms with van der Waals surface area (Å²) in [4.78, 5) is 11.3. The van der Waals surface area contributed by atoms with E-state index in [9.17, 15) is 10.2 Å². The molecule has 1 aliphatic rings. The molecular weight excluding hydrogens is 298 g/mol. The molecule has 114 valence electrons. The summed E-state index contributed by atoms with van der Waals surface area (Å²) in [6.07, 6.45) is -2.68. The zero-order chi connectivity index (χ0) is 15.1. The third kappa shape index (κ3) is 2.21. The van der Waals surface area contributed by atoms with Gasteiger partial charge in [0.2, 0.25) is 0 Å². The van der Waals surface area contributed by atoms with Crippen molar-refractivity contribution in [2.45, 2.75) is 24.5 Å². The maximum absolute atomic E-state index is 10.1. The van der Waals surface area contributed by atoms with Crippen LogP contribution in [0.15, 0.2) is 6.33 Å². The van der Waals surface area contributed by atoms with E-state index in [-0.39, 0.29) is 4.77 Å². The van der Waals surface area contributed by atoms with Crippen molar-refractivity contribution in [2.75, 3.05) is 19.0 Å². The average molecular weight is 313 g/mol. The molecule has 0 bridgehead atoms. The first-order valence-electron chi connectivity index (χ1n) is 6.34. The van der Waals surface area contributed by atoms with E-state index in [1.807, 2.05) is 0 Å². The number of nitrogens with zero attached hydrogens (tertiary/aromatic N) is 3. The molecule has 3 rings (SSSR count). The van der Waals surface area contributed by atoms with Crippen LogP contribution in [0.2, 0.25) is 0 Å². The molecule has 0 saturated carbocycles. The smallest absolute Gasteiger partial charge is 0.200 e. The highest BCUT2D eigenvalue weighted by atomic mass is 32.1. The van der Waals surface area contributed by atoms with Gasteiger partial charge in [-0.15, -0.1) is 0 Å². The zero-order valence-electron chi connectivity index (χ0n) is 11.1. The van der Waals surface area contributed by atoms with E-state index in [1.165, 1.54) is 10.9 Å². The number of imidazole rings is 1. The molecule has 4 atom stereocenters. The minimum absolute atomic E-state index is 0.250. The zero-order valence-corrected chi connectivity index (χ0v) is 11.9. The molecule has 3 heterocycles. The van der Waals surface area contributed by atoms with Gasteiger partial charge in [0.25, 0.3) is 0 Å². The van der Waals surface area contributed by atoms with Crippen LogP contribution in [0.5, 0.6) is 0 Å². The third-order valence-electron chi connectivity index (χ3n) is 3.49. The van der Waals surface area contributed by atoms with E-state index < -0.39 is 31.1 Å². The number of fused-ring (bicyclic) bond motifs is 1. The Morgan fingerprint density at radius 1 is 1.48 bits per heavy atom. The summed E-state index contributed by atoms with van der Waals surface area (Å²) in [6.45, 7) is -0.392. The quantitative estimate of drug-likeness (QED) is 0.463. The van der Waals surface area contributed by atoms with E-state index in [4.69, 9.17) is 22.1 Å². The fourth-order valence-corrected chi connectivity index (χ4v) is 2.60. The van der Waals surface area contributed by atoms with E-state index in [2.05, 4.69) is 20.3 Å². The third-order valence-corrected chi connectivity index (χ3v) is 3.68. The van der Waals surface area contributed by atoms with Crippen LogP contribution in [0.3, 0.4) is 0 Å². The summed E-state index contributed by atoms with van der Waals surface area (Å²) in [6, 6.07) is 0. The van der Waals surface area contributed by atoms with Gasteiger partial charge in [0.1, 0.15) is 29.6 Å². The lowest BCUT2D eigenvalue weighted by atomic mass is 10.1. The minimum Gasteiger partial charge on any atom is -0.394 e. The number of aliphatic hydroxyl groups is 3. The van der Waals surface area contributed by atoms with Crippen molar-refractivity contribution in [1.29, 1.82) is 0 Å². The molecule has 0 unspecified atom stereocenters. The topological polar surface area (TPSA) is 128 Å². The van der Waals surface area contributed by atoms with Crippen molar-refractivity contribution >= 4 is 29.2 Å². The minimum atomic E-state index is -1.20. The first-order valence-corrected chi connectivity index (χ1v) is 6.74. The Morgan fingerprint density at radius 3 is 2.86 bits per heavy atom. The van der Waals surface area contributed by atoms with Gasteiger partial charge in [-0.2, -0.15) is 4.98 Å². The molecule has 1 saturated heterocycles. The Labute approximate surface area is 124 Å². The number of H-pyrrole nitrogens is 1. The summed E-state index contributed by atoms with van der Waals surface area (Å²) in [5, 5.41) is 32.0. The molecule has 2 aromatic heterocycles. The highest BCUT2D eigenvalue weighted by Gasteiger charge is 2.44. The predicted octanol–water partition coefficient (Wildman–Crippen LogP) is -0.858. The van der Waals surface area contributed by atoms with Crippen molar-refractivity contribution < 1.29 is 20.1 Å². The molecule has 0 spiro atoms. The summed E-state index contributed by atoms with van der Waals surface area (Å²) in [7, 11) is 1.71. The SMILES string of the molecule is CNc1[nH]c(=S)nc2c1ncn2[C@@H]1O[C@H](CO)[C@@H](O)[C@H]1O. The number of nitrogens with one attached hydrogen (secondary N) is 2. The van der Waals surface area contributed by atoms with Crippen LogP contribution in [0.1, 0.15) is 6.23 Å². The van der Waals surface area contributed by atoms with Crippen LogP contribution < -0.4 is 5.32 Å². The molecule has 0 amide bonds. The summed E-state index contributed by atoms with van der Waals surface area (Å²) in [5.74, 6) is 0.593. The molecular formula is C11H15N5O4S. The van der Waals surface area contributed by atoms with Gasteiger partial charge in [-0.3, -0.25) is 4.57 Å². The molecule has 0 radical (unpaired) electrons. The van der Waals surface area contributed by atoms with Crippen LogP contribution in [-0.2, 0) is 4.74 Å². The number of rotatable bonds is 3. The maximum Gasteiger partial charge on any atom is 0.200 e. The number of aromatic amines is 1. The first kappa shape index (κ1) is 14.4. The number of aliphatic hydroxyl groups excluding tert-OH is 3. The normalized spacial score (nSPS) is 29.1. The molecule has 9 nitrogen and oxygen atoms in total. The van der Waals surface area contributed by atoms with E-state index in [0.717, 1.165) is 0 Å². The van der Waals surface area contributed by atoms with E-state index in [0.29, 0.717) is 17.0 Å². The van der Waals surface area contributed by atoms with Gasteiger partial charge in [0.15, 0.2) is 16.6 Å². The Morgan fingerprint density at radius 2 is 2.24 bits per heavy atom. The molecule has 0 aromatic carbocycles. The van der Waals surface area contributed by atoms with Gasteiger partial charge >= 0.3 is 0 Å². The van der Waals surface area contributed by atoms with E-state index in [1.54, 1.807) is 7.05 Å². The second-order valence-electron chi connectivity index (χ2n) is 4.72. The molecule has 1 aliphatic heterocycles. The van der Waals surface area contributed by atoms with Crippen molar-refractivity contribution in [3.05, 3.63) is 11.1 Å². The van der Waals surface area contributed by atoms with Crippen molar-refractivity contribution in [3.8, 4) is 0 Å². The average Bonchev–Trinajstić information content (AvgIpc) is 3.01. The fraction of sp³-hybridized carbons (Fsp3) is 0.545. The lowest BCUT2D eigenvalue weighted by molar-refractivity contribution is -0.0511. The largest absolute Gasteiger partial charge is 0.394 e. The lowest BCUT2D eigenvalue weighted by Gasteiger charge is -2.16. The highest BCUT2D eigenvalue weighted by Crippen LogP contribution is 2.31. The van der Waals surface area contributed by atoms with Crippen molar-refractivity contribution in [1.82, 2.24) is 19.5 Å². The standard InChI is InChI=1S/C11H15N5O4S/c1-12-8-5-9(15-11(21)14-8)16(3-13-5)10-7(19)6(18)4(2-17)20-10/h3-4,6-7,10,17-19H,2H2,1H3,(H2,12,14,15,21)/t4-,6-,7-,10-/m1/s1. The fourth-order valence-electron chi connectivity index (χ4n) is 2.41. The molecule has 2 aromatic rings. The summed E-state index contributed by atoms with van der Waals surface area (Å²) >= 11 is 5.05. The summed E-state index contributed by atoms with van der Waals surface area (Å²) < 4.78 is 7.21.